The van der Waals surface area contributed by atoms with E-state index in [4.69, 9.17) is 9.47 Å². The van der Waals surface area contributed by atoms with E-state index < -0.39 is 5.97 Å². The number of aromatic nitrogens is 1. The zero-order chi connectivity index (χ0) is 27.5. The van der Waals surface area contributed by atoms with Crippen molar-refractivity contribution in [3.8, 4) is 22.8 Å². The molecule has 0 radical (unpaired) electrons. The van der Waals surface area contributed by atoms with Crippen molar-refractivity contribution < 1.29 is 24.2 Å². The largest absolute Gasteiger partial charge is 0.493 e. The average Bonchev–Trinajstić information content (AvgIpc) is 3.34. The van der Waals surface area contributed by atoms with Crippen LogP contribution in [0.3, 0.4) is 0 Å². The number of aryl methyl sites for hydroxylation is 1. The van der Waals surface area contributed by atoms with E-state index in [-0.39, 0.29) is 11.8 Å². The van der Waals surface area contributed by atoms with Crippen LogP contribution >= 0.6 is 0 Å². The second-order valence-corrected chi connectivity index (χ2v) is 10.8. The molecule has 5 rings (SSSR count). The number of hydrogen-bond donors (Lipinski definition) is 2. The van der Waals surface area contributed by atoms with Crippen molar-refractivity contribution in [1.82, 2.24) is 14.8 Å². The maximum absolute atomic E-state index is 13.0. The van der Waals surface area contributed by atoms with Gasteiger partial charge in [0.25, 0.3) is 0 Å². The molecule has 0 aliphatic carbocycles. The third-order valence-corrected chi connectivity index (χ3v) is 8.49. The van der Waals surface area contributed by atoms with Gasteiger partial charge in [-0.05, 0) is 86.0 Å². The van der Waals surface area contributed by atoms with Crippen LogP contribution in [0.4, 0.5) is 0 Å². The number of amides is 1. The highest BCUT2D eigenvalue weighted by atomic mass is 16.5. The van der Waals surface area contributed by atoms with Gasteiger partial charge >= 0.3 is 5.97 Å². The fourth-order valence-corrected chi connectivity index (χ4v) is 6.28. The molecule has 2 aliphatic heterocycles. The van der Waals surface area contributed by atoms with Crippen molar-refractivity contribution >= 4 is 22.8 Å². The fourth-order valence-electron chi connectivity index (χ4n) is 6.28. The first kappa shape index (κ1) is 27.1. The van der Waals surface area contributed by atoms with Gasteiger partial charge in [0.15, 0.2) is 11.5 Å². The summed E-state index contributed by atoms with van der Waals surface area (Å²) in [6.07, 6.45) is 4.31. The molecule has 8 nitrogen and oxygen atoms in total. The molecule has 2 fully saturated rings. The number of likely N-dealkylation sites (tertiary alicyclic amines) is 2. The minimum atomic E-state index is -0.755. The van der Waals surface area contributed by atoms with Gasteiger partial charge in [0, 0.05) is 41.8 Å². The highest BCUT2D eigenvalue weighted by Gasteiger charge is 2.29. The van der Waals surface area contributed by atoms with Crippen LogP contribution in [-0.4, -0.2) is 78.7 Å². The molecule has 0 saturated carbocycles. The Labute approximate surface area is 229 Å². The number of nitrogens with zero attached hydrogens (tertiary/aromatic N) is 2. The highest BCUT2D eigenvalue weighted by Crippen LogP contribution is 2.38. The quantitative estimate of drug-likeness (QED) is 0.427. The van der Waals surface area contributed by atoms with Crippen molar-refractivity contribution in [2.24, 2.45) is 5.92 Å². The zero-order valence-corrected chi connectivity index (χ0v) is 23.2. The molecule has 208 valence electrons. The van der Waals surface area contributed by atoms with Crippen molar-refractivity contribution in [3.05, 3.63) is 47.5 Å². The Balaban J connectivity index is 1.27. The number of fused-ring (bicyclic) bond motifs is 1. The van der Waals surface area contributed by atoms with Gasteiger partial charge in [0.2, 0.25) is 5.91 Å². The van der Waals surface area contributed by atoms with Crippen LogP contribution in [0.5, 0.6) is 11.5 Å². The van der Waals surface area contributed by atoms with E-state index in [9.17, 15) is 14.7 Å². The third-order valence-electron chi connectivity index (χ3n) is 8.49. The summed E-state index contributed by atoms with van der Waals surface area (Å²) in [7, 11) is 3.30. The van der Waals surface area contributed by atoms with Gasteiger partial charge in [0.1, 0.15) is 0 Å². The summed E-state index contributed by atoms with van der Waals surface area (Å²) in [6.45, 7) is 5.25. The van der Waals surface area contributed by atoms with Crippen LogP contribution in [0.25, 0.3) is 22.2 Å². The number of ether oxygens (including phenoxy) is 2. The Morgan fingerprint density at radius 2 is 1.77 bits per heavy atom. The van der Waals surface area contributed by atoms with Gasteiger partial charge in [-0.1, -0.05) is 13.0 Å². The molecule has 3 heterocycles. The molecule has 3 aromatic rings. The molecule has 39 heavy (non-hydrogen) atoms. The van der Waals surface area contributed by atoms with Crippen LogP contribution in [-0.2, 0) is 16.0 Å². The number of carbonyl (C=O) groups excluding carboxylic acids is 1. The topological polar surface area (TPSA) is 95.1 Å². The summed E-state index contributed by atoms with van der Waals surface area (Å²) in [5, 5.41) is 10.6. The lowest BCUT2D eigenvalue weighted by Crippen LogP contribution is -2.47. The Kier molecular flexibility index (Phi) is 8.12. The molecule has 0 unspecified atom stereocenters. The molecular formula is C31H39N3O5. The number of aromatic amines is 1. The van der Waals surface area contributed by atoms with E-state index in [1.807, 2.05) is 21.9 Å². The lowest BCUT2D eigenvalue weighted by Gasteiger charge is -2.35. The molecule has 2 saturated heterocycles. The Morgan fingerprint density at radius 1 is 1.00 bits per heavy atom. The monoisotopic (exact) mass is 533 g/mol. The van der Waals surface area contributed by atoms with Gasteiger partial charge < -0.3 is 24.5 Å². The van der Waals surface area contributed by atoms with Gasteiger partial charge in [-0.3, -0.25) is 14.5 Å². The summed E-state index contributed by atoms with van der Waals surface area (Å²) >= 11 is 0. The van der Waals surface area contributed by atoms with Crippen molar-refractivity contribution in [3.63, 3.8) is 0 Å². The summed E-state index contributed by atoms with van der Waals surface area (Å²) in [6, 6.07) is 12.7. The van der Waals surface area contributed by atoms with E-state index in [1.165, 1.54) is 16.5 Å². The average molecular weight is 534 g/mol. The SMILES string of the molecule is CCc1c(-c2ccc(OC)c(OC)c2)[nH]c2ccc(C3CCN(C(=O)CN4CCC[C@@H](C(=O)O)C4)CC3)cc12. The van der Waals surface area contributed by atoms with E-state index in [2.05, 4.69) is 36.2 Å². The number of aliphatic carboxylic acids is 1. The van der Waals surface area contributed by atoms with E-state index in [1.54, 1.807) is 14.2 Å². The summed E-state index contributed by atoms with van der Waals surface area (Å²) < 4.78 is 10.9. The van der Waals surface area contributed by atoms with Crippen LogP contribution in [0.2, 0.25) is 0 Å². The number of carboxylic acid groups (broad SMARTS) is 1. The fraction of sp³-hybridized carbons (Fsp3) is 0.484. The molecule has 1 amide bonds. The Morgan fingerprint density at radius 3 is 2.46 bits per heavy atom. The van der Waals surface area contributed by atoms with Crippen molar-refractivity contribution in [1.29, 1.82) is 0 Å². The maximum Gasteiger partial charge on any atom is 0.307 e. The summed E-state index contributed by atoms with van der Waals surface area (Å²) in [5.74, 6) is 0.834. The van der Waals surface area contributed by atoms with Gasteiger partial charge in [-0.2, -0.15) is 0 Å². The number of H-pyrrole nitrogens is 1. The number of piperidine rings is 2. The number of rotatable bonds is 8. The van der Waals surface area contributed by atoms with Gasteiger partial charge in [-0.25, -0.2) is 0 Å². The van der Waals surface area contributed by atoms with E-state index in [0.29, 0.717) is 36.9 Å². The molecule has 8 heteroatoms. The van der Waals surface area contributed by atoms with Crippen molar-refractivity contribution in [2.75, 3.05) is 46.9 Å². The lowest BCUT2D eigenvalue weighted by atomic mass is 9.88. The normalized spacial score (nSPS) is 18.8. The predicted molar refractivity (Wildman–Crippen MR) is 152 cm³/mol. The molecule has 1 aromatic heterocycles. The lowest BCUT2D eigenvalue weighted by molar-refractivity contribution is -0.145. The molecule has 2 aliphatic rings. The second kappa shape index (κ2) is 11.7. The number of carbonyl (C=O) groups is 2. The molecule has 0 bridgehead atoms. The number of nitrogens with one attached hydrogen (secondary N) is 1. The number of benzene rings is 2. The second-order valence-electron chi connectivity index (χ2n) is 10.8. The third kappa shape index (κ3) is 5.62. The zero-order valence-electron chi connectivity index (χ0n) is 23.2. The standard InChI is InChI=1S/C31H39N3O5/c1-4-24-25-16-21(7-9-26(25)32-30(24)22-8-10-27(38-2)28(17-22)39-3)20-11-14-34(15-12-20)29(35)19-33-13-5-6-23(18-33)31(36)37/h7-10,16-17,20,23,32H,4-6,11-15,18-19H2,1-3H3,(H,36,37)/t23-/m1/s1. The molecule has 1 atom stereocenters. The Hall–Kier alpha value is -3.52. The predicted octanol–water partition coefficient (Wildman–Crippen LogP) is 4.92. The first-order chi connectivity index (χ1) is 18.9. The van der Waals surface area contributed by atoms with Crippen LogP contribution in [0, 0.1) is 5.92 Å². The maximum atomic E-state index is 13.0. The molecule has 2 N–H and O–H groups in total. The summed E-state index contributed by atoms with van der Waals surface area (Å²) in [5.41, 5.74) is 5.90. The summed E-state index contributed by atoms with van der Waals surface area (Å²) in [4.78, 5) is 32.0. The van der Waals surface area contributed by atoms with E-state index in [0.717, 1.165) is 62.1 Å². The minimum absolute atomic E-state index is 0.119. The van der Waals surface area contributed by atoms with Crippen LogP contribution in [0.1, 0.15) is 49.7 Å². The van der Waals surface area contributed by atoms with Gasteiger partial charge in [0.05, 0.1) is 26.7 Å². The molecular weight excluding hydrogens is 494 g/mol. The minimum Gasteiger partial charge on any atom is -0.493 e. The number of methoxy groups -OCH3 is 2. The molecule has 2 aromatic carbocycles. The number of hydrogen-bond acceptors (Lipinski definition) is 5. The van der Waals surface area contributed by atoms with Crippen molar-refractivity contribution in [2.45, 2.75) is 44.9 Å². The first-order valence-electron chi connectivity index (χ1n) is 14.0. The van der Waals surface area contributed by atoms with Gasteiger partial charge in [-0.15, -0.1) is 0 Å². The smallest absolute Gasteiger partial charge is 0.307 e. The highest BCUT2D eigenvalue weighted by molar-refractivity contribution is 5.91. The molecule has 0 spiro atoms. The van der Waals surface area contributed by atoms with E-state index >= 15 is 0 Å². The number of carboxylic acids is 1. The first-order valence-corrected chi connectivity index (χ1v) is 14.0. The Bertz CT molecular complexity index is 1340. The van der Waals surface area contributed by atoms with Crippen LogP contribution < -0.4 is 9.47 Å². The van der Waals surface area contributed by atoms with Crippen LogP contribution in [0.15, 0.2) is 36.4 Å².